The SMILES string of the molecule is Cn1nc(CO[Si](c2ccccc2)(c2ccccc2)C(C)(C)C)cc1CCl. The molecule has 0 amide bonds. The third kappa shape index (κ3) is 3.88. The molecule has 142 valence electrons. The number of nitrogens with zero attached hydrogens (tertiary/aromatic N) is 2. The van der Waals surface area contributed by atoms with Crippen molar-refractivity contribution in [3.63, 3.8) is 0 Å². The Balaban J connectivity index is 2.08. The number of alkyl halides is 1. The van der Waals surface area contributed by atoms with Gasteiger partial charge in [0.15, 0.2) is 0 Å². The van der Waals surface area contributed by atoms with E-state index in [1.54, 1.807) is 0 Å². The van der Waals surface area contributed by atoms with E-state index in [0.29, 0.717) is 12.5 Å². The van der Waals surface area contributed by atoms with E-state index in [9.17, 15) is 0 Å². The first-order chi connectivity index (χ1) is 12.9. The molecule has 0 atom stereocenters. The monoisotopic (exact) mass is 398 g/mol. The van der Waals surface area contributed by atoms with Crippen LogP contribution in [0.3, 0.4) is 0 Å². The summed E-state index contributed by atoms with van der Waals surface area (Å²) in [5.41, 5.74) is 1.92. The molecule has 0 unspecified atom stereocenters. The lowest BCUT2D eigenvalue weighted by atomic mass is 10.2. The van der Waals surface area contributed by atoms with Crippen molar-refractivity contribution in [2.45, 2.75) is 38.3 Å². The number of rotatable bonds is 6. The van der Waals surface area contributed by atoms with E-state index in [0.717, 1.165) is 11.4 Å². The van der Waals surface area contributed by atoms with E-state index in [-0.39, 0.29) is 5.04 Å². The molecule has 0 bridgehead atoms. The van der Waals surface area contributed by atoms with Crippen LogP contribution >= 0.6 is 11.6 Å². The van der Waals surface area contributed by atoms with Gasteiger partial charge in [-0.3, -0.25) is 4.68 Å². The van der Waals surface area contributed by atoms with Gasteiger partial charge in [0, 0.05) is 7.05 Å². The topological polar surface area (TPSA) is 27.1 Å². The van der Waals surface area contributed by atoms with E-state index < -0.39 is 8.32 Å². The Labute approximate surface area is 168 Å². The van der Waals surface area contributed by atoms with Gasteiger partial charge < -0.3 is 4.43 Å². The summed E-state index contributed by atoms with van der Waals surface area (Å²) >= 11 is 6.01. The van der Waals surface area contributed by atoms with E-state index >= 15 is 0 Å². The molecule has 0 N–H and O–H groups in total. The van der Waals surface area contributed by atoms with Crippen LogP contribution in [0.25, 0.3) is 0 Å². The quantitative estimate of drug-likeness (QED) is 0.458. The highest BCUT2D eigenvalue weighted by molar-refractivity contribution is 6.99. The summed E-state index contributed by atoms with van der Waals surface area (Å²) in [4.78, 5) is 0. The van der Waals surface area contributed by atoms with E-state index in [2.05, 4.69) is 86.5 Å². The lowest BCUT2D eigenvalue weighted by Gasteiger charge is -2.42. The van der Waals surface area contributed by atoms with E-state index in [4.69, 9.17) is 16.0 Å². The fourth-order valence-corrected chi connectivity index (χ4v) is 8.48. The highest BCUT2D eigenvalue weighted by Crippen LogP contribution is 2.37. The number of aryl methyl sites for hydroxylation is 1. The van der Waals surface area contributed by atoms with Crippen molar-refractivity contribution in [1.29, 1.82) is 0 Å². The van der Waals surface area contributed by atoms with Crippen LogP contribution in [0.15, 0.2) is 66.7 Å². The lowest BCUT2D eigenvalue weighted by molar-refractivity contribution is 0.280. The average molecular weight is 399 g/mol. The molecule has 3 aromatic rings. The Bertz CT molecular complexity index is 833. The van der Waals surface area contributed by atoms with Crippen molar-refractivity contribution in [3.05, 3.63) is 78.1 Å². The van der Waals surface area contributed by atoms with Crippen LogP contribution in [-0.2, 0) is 24.0 Å². The molecule has 1 heterocycles. The normalized spacial score (nSPS) is 12.3. The predicted octanol–water partition coefficient (Wildman–Crippen LogP) is 4.24. The summed E-state index contributed by atoms with van der Waals surface area (Å²) in [6.07, 6.45) is 0. The zero-order valence-electron chi connectivity index (χ0n) is 16.4. The van der Waals surface area contributed by atoms with Gasteiger partial charge in [0.2, 0.25) is 0 Å². The third-order valence-corrected chi connectivity index (χ3v) is 10.3. The summed E-state index contributed by atoms with van der Waals surface area (Å²) in [6, 6.07) is 23.3. The zero-order valence-corrected chi connectivity index (χ0v) is 18.2. The molecule has 0 saturated heterocycles. The van der Waals surface area contributed by atoms with Crippen molar-refractivity contribution < 1.29 is 4.43 Å². The van der Waals surface area contributed by atoms with Gasteiger partial charge in [-0.2, -0.15) is 5.10 Å². The van der Waals surface area contributed by atoms with Crippen LogP contribution in [0.1, 0.15) is 32.2 Å². The molecule has 2 aromatic carbocycles. The van der Waals surface area contributed by atoms with Crippen LogP contribution in [0, 0.1) is 0 Å². The largest absolute Gasteiger partial charge is 0.401 e. The number of aromatic nitrogens is 2. The molecule has 1 aromatic heterocycles. The molecule has 0 spiro atoms. The summed E-state index contributed by atoms with van der Waals surface area (Å²) < 4.78 is 8.72. The number of benzene rings is 2. The third-order valence-electron chi connectivity index (χ3n) is 5.02. The average Bonchev–Trinajstić information content (AvgIpc) is 3.03. The minimum atomic E-state index is -2.53. The highest BCUT2D eigenvalue weighted by atomic mass is 35.5. The van der Waals surface area contributed by atoms with Crippen molar-refractivity contribution in [3.8, 4) is 0 Å². The fourth-order valence-electron chi connectivity index (χ4n) is 3.71. The summed E-state index contributed by atoms with van der Waals surface area (Å²) in [5, 5.41) is 7.09. The number of halogens is 1. The Morgan fingerprint density at radius 2 is 1.48 bits per heavy atom. The van der Waals surface area contributed by atoms with Crippen LogP contribution in [0.2, 0.25) is 5.04 Å². The first-order valence-electron chi connectivity index (χ1n) is 9.21. The molecular formula is C22H27ClN2OSi. The fraction of sp³-hybridized carbons (Fsp3) is 0.318. The molecule has 3 nitrogen and oxygen atoms in total. The second-order valence-corrected chi connectivity index (χ2v) is 12.4. The van der Waals surface area contributed by atoms with Gasteiger partial charge in [0.05, 0.1) is 23.9 Å². The molecule has 3 rings (SSSR count). The Hall–Kier alpha value is -1.88. The minimum absolute atomic E-state index is 0.0419. The number of hydrogen-bond acceptors (Lipinski definition) is 2. The maximum absolute atomic E-state index is 6.89. The molecular weight excluding hydrogens is 372 g/mol. The number of hydrogen-bond donors (Lipinski definition) is 0. The van der Waals surface area contributed by atoms with Crippen molar-refractivity contribution >= 4 is 30.3 Å². The van der Waals surface area contributed by atoms with Gasteiger partial charge in [-0.25, -0.2) is 0 Å². The zero-order chi connectivity index (χ0) is 19.5. The van der Waals surface area contributed by atoms with Crippen molar-refractivity contribution in [1.82, 2.24) is 9.78 Å². The summed E-state index contributed by atoms with van der Waals surface area (Å²) in [7, 11) is -0.612. The Morgan fingerprint density at radius 3 is 1.89 bits per heavy atom. The Kier molecular flexibility index (Phi) is 5.89. The van der Waals surface area contributed by atoms with E-state index in [1.807, 2.05) is 17.8 Å². The van der Waals surface area contributed by atoms with Gasteiger partial charge in [0.25, 0.3) is 8.32 Å². The van der Waals surface area contributed by atoms with Crippen molar-refractivity contribution in [2.75, 3.05) is 0 Å². The van der Waals surface area contributed by atoms with E-state index in [1.165, 1.54) is 10.4 Å². The maximum atomic E-state index is 6.89. The first kappa shape index (κ1) is 19.9. The lowest BCUT2D eigenvalue weighted by Crippen LogP contribution is -2.66. The van der Waals surface area contributed by atoms with Gasteiger partial charge in [-0.05, 0) is 21.5 Å². The molecule has 0 aliphatic carbocycles. The molecule has 0 fully saturated rings. The smallest absolute Gasteiger partial charge is 0.261 e. The first-order valence-corrected chi connectivity index (χ1v) is 11.7. The van der Waals surface area contributed by atoms with Crippen molar-refractivity contribution in [2.24, 2.45) is 7.05 Å². The predicted molar refractivity (Wildman–Crippen MR) is 115 cm³/mol. The van der Waals surface area contributed by atoms with Crippen LogP contribution in [0.5, 0.6) is 0 Å². The van der Waals surface area contributed by atoms with Crippen LogP contribution < -0.4 is 10.4 Å². The highest BCUT2D eigenvalue weighted by Gasteiger charge is 2.50. The molecule has 0 saturated carbocycles. The van der Waals surface area contributed by atoms with Gasteiger partial charge in [-0.1, -0.05) is 81.4 Å². The molecule has 0 aliphatic rings. The molecule has 0 radical (unpaired) electrons. The summed E-state index contributed by atoms with van der Waals surface area (Å²) in [5.74, 6) is 0.447. The molecule has 27 heavy (non-hydrogen) atoms. The van der Waals surface area contributed by atoms with Gasteiger partial charge >= 0.3 is 0 Å². The van der Waals surface area contributed by atoms with Crippen LogP contribution in [0.4, 0.5) is 0 Å². The minimum Gasteiger partial charge on any atom is -0.401 e. The summed E-state index contributed by atoms with van der Waals surface area (Å²) in [6.45, 7) is 7.31. The maximum Gasteiger partial charge on any atom is 0.261 e. The second kappa shape index (κ2) is 8.01. The standard InChI is InChI=1S/C22H27ClN2OSi/c1-22(2,3)27(20-11-7-5-8-12-20,21-13-9-6-10-14-21)26-17-18-15-19(16-23)25(4)24-18/h5-15H,16-17H2,1-4H3. The van der Waals surface area contributed by atoms with Gasteiger partial charge in [0.1, 0.15) is 0 Å². The van der Waals surface area contributed by atoms with Crippen LogP contribution in [-0.4, -0.2) is 18.1 Å². The molecule has 0 aliphatic heterocycles. The Morgan fingerprint density at radius 1 is 0.963 bits per heavy atom. The molecule has 5 heteroatoms. The second-order valence-electron chi connectivity index (χ2n) is 7.84. The van der Waals surface area contributed by atoms with Gasteiger partial charge in [-0.15, -0.1) is 11.6 Å².